The minimum absolute atomic E-state index is 0.0951. The van der Waals surface area contributed by atoms with Crippen LogP contribution in [0.5, 0.6) is 5.75 Å². The standard InChI is InChI=1S/C28H38BrN3O5S/c1-4-37-26-16-8-7-15-25(26)32(38(3,35)36)18-10-17-27(33)31(20-22-11-9-12-23(29)19-22)21(2)28(34)30-24-13-5-6-14-24/h7-9,11-12,15-16,19,21,24H,4-6,10,13-14,17-18,20H2,1-3H3,(H,30,34)/t21-/m1/s1. The number of carbonyl (C=O) groups excluding carboxylic acids is 2. The van der Waals surface area contributed by atoms with Crippen LogP contribution in [0.2, 0.25) is 0 Å². The molecule has 2 aromatic carbocycles. The van der Waals surface area contributed by atoms with Gasteiger partial charge in [0.1, 0.15) is 11.8 Å². The van der Waals surface area contributed by atoms with Gasteiger partial charge in [0.25, 0.3) is 0 Å². The van der Waals surface area contributed by atoms with Crippen LogP contribution in [-0.4, -0.2) is 56.6 Å². The highest BCUT2D eigenvalue weighted by molar-refractivity contribution is 9.10. The predicted molar refractivity (Wildman–Crippen MR) is 154 cm³/mol. The lowest BCUT2D eigenvalue weighted by Gasteiger charge is -2.30. The number of benzene rings is 2. The zero-order valence-electron chi connectivity index (χ0n) is 22.4. The van der Waals surface area contributed by atoms with Gasteiger partial charge in [-0.05, 0) is 62.9 Å². The van der Waals surface area contributed by atoms with Crippen molar-refractivity contribution in [1.29, 1.82) is 0 Å². The largest absolute Gasteiger partial charge is 0.492 e. The number of hydrogen-bond donors (Lipinski definition) is 1. The van der Waals surface area contributed by atoms with Crippen molar-refractivity contribution in [3.05, 3.63) is 58.6 Å². The smallest absolute Gasteiger partial charge is 0.242 e. The molecular formula is C28H38BrN3O5S. The average molecular weight is 609 g/mol. The summed E-state index contributed by atoms with van der Waals surface area (Å²) in [5.41, 5.74) is 1.34. The van der Waals surface area contributed by atoms with Crippen LogP contribution in [0.25, 0.3) is 0 Å². The van der Waals surface area contributed by atoms with Crippen LogP contribution in [0.15, 0.2) is 53.0 Å². The van der Waals surface area contributed by atoms with E-state index in [-0.39, 0.29) is 43.8 Å². The van der Waals surface area contributed by atoms with Crippen molar-refractivity contribution in [2.75, 3.05) is 23.7 Å². The van der Waals surface area contributed by atoms with Crippen LogP contribution >= 0.6 is 15.9 Å². The topological polar surface area (TPSA) is 96.0 Å². The van der Waals surface area contributed by atoms with Crippen molar-refractivity contribution in [3.63, 3.8) is 0 Å². The maximum atomic E-state index is 13.5. The van der Waals surface area contributed by atoms with Gasteiger partial charge in [0.15, 0.2) is 0 Å². The molecule has 1 aliphatic carbocycles. The normalized spacial score (nSPS) is 14.6. The molecule has 0 radical (unpaired) electrons. The second kappa shape index (κ2) is 14.0. The highest BCUT2D eigenvalue weighted by atomic mass is 79.9. The van der Waals surface area contributed by atoms with Crippen LogP contribution in [0.3, 0.4) is 0 Å². The summed E-state index contributed by atoms with van der Waals surface area (Å²) < 4.78 is 33.1. The molecule has 0 spiro atoms. The van der Waals surface area contributed by atoms with E-state index in [9.17, 15) is 18.0 Å². The van der Waals surface area contributed by atoms with Crippen molar-refractivity contribution in [3.8, 4) is 5.75 Å². The maximum Gasteiger partial charge on any atom is 0.242 e. The molecule has 1 atom stereocenters. The summed E-state index contributed by atoms with van der Waals surface area (Å²) in [6.07, 6.45) is 5.65. The zero-order valence-corrected chi connectivity index (χ0v) is 24.8. The minimum Gasteiger partial charge on any atom is -0.492 e. The van der Waals surface area contributed by atoms with Crippen molar-refractivity contribution in [2.45, 2.75) is 71.0 Å². The minimum atomic E-state index is -3.61. The monoisotopic (exact) mass is 607 g/mol. The molecule has 3 rings (SSSR count). The first kappa shape index (κ1) is 30.0. The SMILES string of the molecule is CCOc1ccccc1N(CCCC(=O)N(Cc1cccc(Br)c1)[C@H](C)C(=O)NC1CCCC1)S(C)(=O)=O. The molecule has 2 amide bonds. The number of para-hydroxylation sites is 2. The quantitative estimate of drug-likeness (QED) is 0.350. The van der Waals surface area contributed by atoms with E-state index in [0.717, 1.165) is 42.0 Å². The average Bonchev–Trinajstić information content (AvgIpc) is 3.38. The molecule has 0 aliphatic heterocycles. The Bertz CT molecular complexity index is 1200. The van der Waals surface area contributed by atoms with Gasteiger partial charge >= 0.3 is 0 Å². The van der Waals surface area contributed by atoms with Gasteiger partial charge in [0.05, 0.1) is 18.6 Å². The predicted octanol–water partition coefficient (Wildman–Crippen LogP) is 4.87. The third-order valence-electron chi connectivity index (χ3n) is 6.70. The van der Waals surface area contributed by atoms with Crippen molar-refractivity contribution < 1.29 is 22.7 Å². The fraction of sp³-hybridized carbons (Fsp3) is 0.500. The van der Waals surface area contributed by atoms with Gasteiger partial charge in [0, 0.05) is 30.0 Å². The number of ether oxygens (including phenoxy) is 1. The number of nitrogens with zero attached hydrogens (tertiary/aromatic N) is 2. The van der Waals surface area contributed by atoms with E-state index >= 15 is 0 Å². The van der Waals surface area contributed by atoms with Gasteiger partial charge in [-0.1, -0.05) is 53.0 Å². The Balaban J connectivity index is 1.74. The maximum absolute atomic E-state index is 13.5. The van der Waals surface area contributed by atoms with E-state index < -0.39 is 16.1 Å². The first-order valence-corrected chi connectivity index (χ1v) is 15.8. The summed E-state index contributed by atoms with van der Waals surface area (Å²) in [4.78, 5) is 28.2. The van der Waals surface area contributed by atoms with Gasteiger partial charge in [-0.25, -0.2) is 8.42 Å². The van der Waals surface area contributed by atoms with E-state index in [4.69, 9.17) is 4.74 Å². The Kier molecular flexibility index (Phi) is 11.0. The zero-order chi connectivity index (χ0) is 27.7. The molecule has 1 N–H and O–H groups in total. The van der Waals surface area contributed by atoms with E-state index in [2.05, 4.69) is 21.2 Å². The number of rotatable bonds is 13. The van der Waals surface area contributed by atoms with Gasteiger partial charge < -0.3 is 15.0 Å². The molecule has 0 saturated heterocycles. The third-order valence-corrected chi connectivity index (χ3v) is 8.37. The van der Waals surface area contributed by atoms with Crippen molar-refractivity contribution in [2.24, 2.45) is 0 Å². The molecule has 0 heterocycles. The Morgan fingerprint density at radius 2 is 1.84 bits per heavy atom. The molecule has 38 heavy (non-hydrogen) atoms. The van der Waals surface area contributed by atoms with Gasteiger partial charge in [0.2, 0.25) is 21.8 Å². The second-order valence-electron chi connectivity index (χ2n) is 9.66. The Hall–Kier alpha value is -2.59. The summed E-state index contributed by atoms with van der Waals surface area (Å²) in [6.45, 7) is 4.38. The number of nitrogens with one attached hydrogen (secondary N) is 1. The van der Waals surface area contributed by atoms with Crippen molar-refractivity contribution >= 4 is 43.5 Å². The molecule has 1 fully saturated rings. The van der Waals surface area contributed by atoms with Crippen LogP contribution < -0.4 is 14.4 Å². The number of carbonyl (C=O) groups is 2. The summed E-state index contributed by atoms with van der Waals surface area (Å²) in [5, 5.41) is 3.10. The van der Waals surface area contributed by atoms with Crippen LogP contribution in [-0.2, 0) is 26.2 Å². The Morgan fingerprint density at radius 1 is 1.13 bits per heavy atom. The second-order valence-corrected chi connectivity index (χ2v) is 12.5. The van der Waals surface area contributed by atoms with Crippen LogP contribution in [0, 0.1) is 0 Å². The summed E-state index contributed by atoms with van der Waals surface area (Å²) in [7, 11) is -3.61. The lowest BCUT2D eigenvalue weighted by Crippen LogP contribution is -2.49. The van der Waals surface area contributed by atoms with E-state index in [0.29, 0.717) is 18.0 Å². The fourth-order valence-electron chi connectivity index (χ4n) is 4.73. The van der Waals surface area contributed by atoms with Crippen LogP contribution in [0.4, 0.5) is 5.69 Å². The van der Waals surface area contributed by atoms with E-state index in [1.54, 1.807) is 36.1 Å². The summed E-state index contributed by atoms with van der Waals surface area (Å²) in [5.74, 6) is 0.106. The Morgan fingerprint density at radius 3 is 2.50 bits per heavy atom. The van der Waals surface area contributed by atoms with E-state index in [1.807, 2.05) is 31.2 Å². The summed E-state index contributed by atoms with van der Waals surface area (Å²) in [6, 6.07) is 14.1. The number of hydrogen-bond acceptors (Lipinski definition) is 5. The third kappa shape index (κ3) is 8.46. The molecule has 10 heteroatoms. The number of anilines is 1. The Labute approximate surface area is 234 Å². The van der Waals surface area contributed by atoms with Gasteiger partial charge in [-0.3, -0.25) is 13.9 Å². The molecule has 2 aromatic rings. The molecule has 0 aromatic heterocycles. The molecule has 1 saturated carbocycles. The highest BCUT2D eigenvalue weighted by Gasteiger charge is 2.29. The molecule has 8 nitrogen and oxygen atoms in total. The first-order chi connectivity index (χ1) is 18.1. The van der Waals surface area contributed by atoms with Gasteiger partial charge in [-0.2, -0.15) is 0 Å². The molecule has 208 valence electrons. The molecule has 0 bridgehead atoms. The summed E-state index contributed by atoms with van der Waals surface area (Å²) >= 11 is 3.47. The lowest BCUT2D eigenvalue weighted by atomic mass is 10.1. The van der Waals surface area contributed by atoms with Crippen molar-refractivity contribution in [1.82, 2.24) is 10.2 Å². The first-order valence-electron chi connectivity index (χ1n) is 13.1. The number of sulfonamides is 1. The number of amides is 2. The van der Waals surface area contributed by atoms with E-state index in [1.165, 1.54) is 4.31 Å². The van der Waals surface area contributed by atoms with Gasteiger partial charge in [-0.15, -0.1) is 0 Å². The lowest BCUT2D eigenvalue weighted by molar-refractivity contribution is -0.141. The fourth-order valence-corrected chi connectivity index (χ4v) is 6.15. The number of halogens is 1. The molecule has 0 unspecified atom stereocenters. The molecular weight excluding hydrogens is 570 g/mol. The highest BCUT2D eigenvalue weighted by Crippen LogP contribution is 2.30. The molecule has 1 aliphatic rings. The van der Waals surface area contributed by atoms with Crippen LogP contribution in [0.1, 0.15) is 57.9 Å².